The maximum absolute atomic E-state index is 11.1. The Balaban J connectivity index is 2.28. The van der Waals surface area contributed by atoms with Gasteiger partial charge in [-0.1, -0.05) is 6.08 Å². The maximum atomic E-state index is 11.1. The average Bonchev–Trinajstić information content (AvgIpc) is 2.78. The fourth-order valence-corrected chi connectivity index (χ4v) is 1.10. The molecule has 66 valence electrons. The van der Waals surface area contributed by atoms with Crippen LogP contribution in [0.25, 0.3) is 0 Å². The van der Waals surface area contributed by atoms with Crippen LogP contribution in [0.5, 0.6) is 0 Å². The average molecular weight is 168 g/mol. The van der Waals surface area contributed by atoms with Crippen LogP contribution in [0.1, 0.15) is 6.42 Å². The molecule has 0 aromatic carbocycles. The van der Waals surface area contributed by atoms with Crippen molar-refractivity contribution >= 4 is 11.8 Å². The van der Waals surface area contributed by atoms with Crippen LogP contribution in [0, 0.1) is 11.8 Å². The molecule has 12 heavy (non-hydrogen) atoms. The molecular weight excluding hydrogens is 156 g/mol. The van der Waals surface area contributed by atoms with Crippen LogP contribution in [0.15, 0.2) is 12.7 Å². The van der Waals surface area contributed by atoms with Crippen LogP contribution < -0.4 is 11.1 Å². The summed E-state index contributed by atoms with van der Waals surface area (Å²) >= 11 is 0. The Hall–Kier alpha value is -1.32. The van der Waals surface area contributed by atoms with Crippen LogP contribution >= 0.6 is 0 Å². The van der Waals surface area contributed by atoms with Crippen molar-refractivity contribution in [1.29, 1.82) is 0 Å². The van der Waals surface area contributed by atoms with Gasteiger partial charge in [-0.25, -0.2) is 0 Å². The first-order chi connectivity index (χ1) is 5.66. The summed E-state index contributed by atoms with van der Waals surface area (Å²) in [7, 11) is 0. The summed E-state index contributed by atoms with van der Waals surface area (Å²) < 4.78 is 0. The standard InChI is InChI=1S/C8H12N2O2/c1-2-3-10-8(12)6-4-5(6)7(9)11/h2,5-6H,1,3-4H2,(H2,9,11)(H,10,12)/t5-,6-/m1/s1. The zero-order valence-corrected chi connectivity index (χ0v) is 6.75. The Labute approximate surface area is 70.8 Å². The van der Waals surface area contributed by atoms with Gasteiger partial charge in [0.1, 0.15) is 0 Å². The summed E-state index contributed by atoms with van der Waals surface area (Å²) in [6, 6.07) is 0. The topological polar surface area (TPSA) is 72.2 Å². The minimum absolute atomic E-state index is 0.0984. The molecule has 0 saturated heterocycles. The molecule has 0 spiro atoms. The van der Waals surface area contributed by atoms with Crippen LogP contribution in [0.4, 0.5) is 0 Å². The van der Waals surface area contributed by atoms with Gasteiger partial charge in [0.2, 0.25) is 11.8 Å². The second-order valence-corrected chi connectivity index (χ2v) is 2.88. The van der Waals surface area contributed by atoms with Crippen molar-refractivity contribution in [2.75, 3.05) is 6.54 Å². The molecule has 2 atom stereocenters. The molecule has 0 unspecified atom stereocenters. The third kappa shape index (κ3) is 1.84. The lowest BCUT2D eigenvalue weighted by Crippen LogP contribution is -2.27. The van der Waals surface area contributed by atoms with Gasteiger partial charge in [0, 0.05) is 6.54 Å². The van der Waals surface area contributed by atoms with Gasteiger partial charge in [-0.3, -0.25) is 9.59 Å². The van der Waals surface area contributed by atoms with Crippen molar-refractivity contribution in [3.63, 3.8) is 0 Å². The molecule has 4 heteroatoms. The first-order valence-corrected chi connectivity index (χ1v) is 3.84. The van der Waals surface area contributed by atoms with E-state index in [1.165, 1.54) is 0 Å². The smallest absolute Gasteiger partial charge is 0.224 e. The van der Waals surface area contributed by atoms with Crippen LogP contribution in [0.2, 0.25) is 0 Å². The lowest BCUT2D eigenvalue weighted by Gasteiger charge is -1.98. The molecule has 1 aliphatic carbocycles. The van der Waals surface area contributed by atoms with Crippen molar-refractivity contribution in [3.8, 4) is 0 Å². The van der Waals surface area contributed by atoms with E-state index < -0.39 is 0 Å². The Morgan fingerprint density at radius 1 is 1.58 bits per heavy atom. The molecule has 0 heterocycles. The van der Waals surface area contributed by atoms with Crippen LogP contribution in [0.3, 0.4) is 0 Å². The number of carbonyl (C=O) groups is 2. The summed E-state index contributed by atoms with van der Waals surface area (Å²) in [5.74, 6) is -0.912. The van der Waals surface area contributed by atoms with E-state index in [-0.39, 0.29) is 23.7 Å². The molecule has 1 aliphatic rings. The van der Waals surface area contributed by atoms with Gasteiger partial charge in [0.25, 0.3) is 0 Å². The molecule has 1 rings (SSSR count). The minimum atomic E-state index is -0.381. The van der Waals surface area contributed by atoms with Crippen molar-refractivity contribution in [3.05, 3.63) is 12.7 Å². The largest absolute Gasteiger partial charge is 0.369 e. The first-order valence-electron chi connectivity index (χ1n) is 3.84. The number of hydrogen-bond acceptors (Lipinski definition) is 2. The molecule has 0 aromatic rings. The highest BCUT2D eigenvalue weighted by atomic mass is 16.2. The Bertz CT molecular complexity index is 225. The highest BCUT2D eigenvalue weighted by Gasteiger charge is 2.46. The fraction of sp³-hybridized carbons (Fsp3) is 0.500. The first kappa shape index (κ1) is 8.77. The van der Waals surface area contributed by atoms with Crippen molar-refractivity contribution in [2.45, 2.75) is 6.42 Å². The molecule has 0 radical (unpaired) electrons. The second kappa shape index (κ2) is 3.38. The van der Waals surface area contributed by atoms with E-state index in [1.807, 2.05) is 0 Å². The van der Waals surface area contributed by atoms with Crippen LogP contribution in [-0.2, 0) is 9.59 Å². The van der Waals surface area contributed by atoms with E-state index in [4.69, 9.17) is 5.73 Å². The zero-order valence-electron chi connectivity index (χ0n) is 6.75. The fourth-order valence-electron chi connectivity index (χ4n) is 1.10. The van der Waals surface area contributed by atoms with Crippen LogP contribution in [-0.4, -0.2) is 18.4 Å². The Kier molecular flexibility index (Phi) is 2.47. The van der Waals surface area contributed by atoms with Gasteiger partial charge in [-0.15, -0.1) is 6.58 Å². The number of nitrogens with one attached hydrogen (secondary N) is 1. The van der Waals surface area contributed by atoms with Crippen molar-refractivity contribution < 1.29 is 9.59 Å². The van der Waals surface area contributed by atoms with Gasteiger partial charge < -0.3 is 11.1 Å². The van der Waals surface area contributed by atoms with E-state index in [1.54, 1.807) is 6.08 Å². The summed E-state index contributed by atoms with van der Waals surface area (Å²) in [6.45, 7) is 3.91. The molecule has 1 fully saturated rings. The SMILES string of the molecule is C=CCNC(=O)[C@@H]1C[C@H]1C(N)=O. The second-order valence-electron chi connectivity index (χ2n) is 2.88. The third-order valence-corrected chi connectivity index (χ3v) is 1.91. The maximum Gasteiger partial charge on any atom is 0.224 e. The number of nitrogens with two attached hydrogens (primary N) is 1. The highest BCUT2D eigenvalue weighted by molar-refractivity contribution is 5.91. The summed E-state index contributed by atoms with van der Waals surface area (Å²) in [6.07, 6.45) is 2.19. The Morgan fingerprint density at radius 2 is 2.25 bits per heavy atom. The number of primary amides is 1. The number of carbonyl (C=O) groups excluding carboxylic acids is 2. The monoisotopic (exact) mass is 168 g/mol. The molecular formula is C8H12N2O2. The molecule has 3 N–H and O–H groups in total. The van der Waals surface area contributed by atoms with Gasteiger partial charge >= 0.3 is 0 Å². The van der Waals surface area contributed by atoms with Crippen molar-refractivity contribution in [1.82, 2.24) is 5.32 Å². The lowest BCUT2D eigenvalue weighted by molar-refractivity contribution is -0.125. The predicted molar refractivity (Wildman–Crippen MR) is 44.0 cm³/mol. The van der Waals surface area contributed by atoms with Gasteiger partial charge in [-0.2, -0.15) is 0 Å². The number of hydrogen-bond donors (Lipinski definition) is 2. The number of amides is 2. The molecule has 0 aromatic heterocycles. The van der Waals surface area contributed by atoms with Crippen molar-refractivity contribution in [2.24, 2.45) is 17.6 Å². The van der Waals surface area contributed by atoms with E-state index in [9.17, 15) is 9.59 Å². The molecule has 2 amide bonds. The summed E-state index contributed by atoms with van der Waals surface area (Å²) in [5, 5.41) is 2.61. The van der Waals surface area contributed by atoms with E-state index in [0.29, 0.717) is 13.0 Å². The quantitative estimate of drug-likeness (QED) is 0.551. The van der Waals surface area contributed by atoms with E-state index >= 15 is 0 Å². The minimum Gasteiger partial charge on any atom is -0.369 e. The molecule has 0 aliphatic heterocycles. The molecule has 1 saturated carbocycles. The van der Waals surface area contributed by atoms with Gasteiger partial charge in [-0.05, 0) is 6.42 Å². The summed E-state index contributed by atoms with van der Waals surface area (Å²) in [5.41, 5.74) is 5.02. The number of rotatable bonds is 4. The zero-order chi connectivity index (χ0) is 9.14. The van der Waals surface area contributed by atoms with Gasteiger partial charge in [0.15, 0.2) is 0 Å². The predicted octanol–water partition coefficient (Wildman–Crippen LogP) is -0.590. The molecule has 0 bridgehead atoms. The normalized spacial score (nSPS) is 26.0. The third-order valence-electron chi connectivity index (χ3n) is 1.91. The van der Waals surface area contributed by atoms with E-state index in [2.05, 4.69) is 11.9 Å². The lowest BCUT2D eigenvalue weighted by atomic mass is 10.3. The van der Waals surface area contributed by atoms with E-state index in [0.717, 1.165) is 0 Å². The Morgan fingerprint density at radius 3 is 2.67 bits per heavy atom. The molecule has 4 nitrogen and oxygen atoms in total. The highest BCUT2D eigenvalue weighted by Crippen LogP contribution is 2.37. The summed E-state index contributed by atoms with van der Waals surface area (Å²) in [4.78, 5) is 21.7. The van der Waals surface area contributed by atoms with Gasteiger partial charge in [0.05, 0.1) is 11.8 Å².